The zero-order valence-electron chi connectivity index (χ0n) is 11.5. The van der Waals surface area contributed by atoms with Crippen LogP contribution >= 0.6 is 46.3 Å². The highest BCUT2D eigenvalue weighted by atomic mass is 35.5. The third-order valence-corrected chi connectivity index (χ3v) is 5.31. The van der Waals surface area contributed by atoms with E-state index in [-0.39, 0.29) is 0 Å². The maximum absolute atomic E-state index is 6.21. The third-order valence-electron chi connectivity index (χ3n) is 2.71. The van der Waals surface area contributed by atoms with Crippen LogP contribution in [-0.2, 0) is 0 Å². The molecule has 3 nitrogen and oxygen atoms in total. The minimum atomic E-state index is 0.630. The number of anilines is 2. The lowest BCUT2D eigenvalue weighted by molar-refractivity contribution is 1.22. The van der Waals surface area contributed by atoms with Crippen molar-refractivity contribution < 1.29 is 0 Å². The van der Waals surface area contributed by atoms with E-state index >= 15 is 0 Å². The lowest BCUT2D eigenvalue weighted by atomic mass is 10.4. The summed E-state index contributed by atoms with van der Waals surface area (Å²) < 4.78 is 0. The van der Waals surface area contributed by atoms with Gasteiger partial charge in [-0.05, 0) is 37.3 Å². The molecule has 0 unspecified atom stereocenters. The van der Waals surface area contributed by atoms with Crippen LogP contribution in [0.15, 0.2) is 51.7 Å². The Morgan fingerprint density at radius 3 is 2.77 bits per heavy atom. The van der Waals surface area contributed by atoms with Crippen LogP contribution in [0.25, 0.3) is 0 Å². The topological polar surface area (TPSA) is 37.8 Å². The summed E-state index contributed by atoms with van der Waals surface area (Å²) in [4.78, 5) is 10.7. The predicted octanol–water partition coefficient (Wildman–Crippen LogP) is 6.05. The molecule has 22 heavy (non-hydrogen) atoms. The Bertz CT molecular complexity index is 805. The highest BCUT2D eigenvalue weighted by molar-refractivity contribution is 7.99. The summed E-state index contributed by atoms with van der Waals surface area (Å²) in [6.07, 6.45) is 1.76. The van der Waals surface area contributed by atoms with Gasteiger partial charge in [0.25, 0.3) is 0 Å². The smallest absolute Gasteiger partial charge is 0.188 e. The monoisotopic (exact) mass is 367 g/mol. The first kappa shape index (κ1) is 15.6. The van der Waals surface area contributed by atoms with Gasteiger partial charge in [-0.25, -0.2) is 9.97 Å². The molecule has 0 bridgehead atoms. The summed E-state index contributed by atoms with van der Waals surface area (Å²) in [6, 6.07) is 9.38. The molecule has 7 heteroatoms. The fourth-order valence-electron chi connectivity index (χ4n) is 1.75. The first-order chi connectivity index (χ1) is 10.6. The predicted molar refractivity (Wildman–Crippen MR) is 95.0 cm³/mol. The van der Waals surface area contributed by atoms with Crippen LogP contribution in [0.1, 0.15) is 5.69 Å². The summed E-state index contributed by atoms with van der Waals surface area (Å²) in [7, 11) is 0. The molecule has 0 aliphatic carbocycles. The first-order valence-electron chi connectivity index (χ1n) is 6.38. The fraction of sp³-hybridized carbons (Fsp3) is 0.0667. The Morgan fingerprint density at radius 1 is 1.18 bits per heavy atom. The molecule has 0 amide bonds. The van der Waals surface area contributed by atoms with Crippen LogP contribution in [-0.4, -0.2) is 9.97 Å². The van der Waals surface area contributed by atoms with Crippen molar-refractivity contribution in [3.8, 4) is 0 Å². The summed E-state index contributed by atoms with van der Waals surface area (Å²) in [5, 5.41) is 7.30. The molecular formula is C15H11Cl2N3S2. The minimum absolute atomic E-state index is 0.630. The van der Waals surface area contributed by atoms with Gasteiger partial charge in [0.2, 0.25) is 0 Å². The lowest BCUT2D eigenvalue weighted by Gasteiger charge is -2.07. The number of pyridine rings is 1. The molecule has 1 aromatic carbocycles. The van der Waals surface area contributed by atoms with Crippen LogP contribution in [0.4, 0.5) is 10.9 Å². The molecule has 0 spiro atoms. The van der Waals surface area contributed by atoms with E-state index in [4.69, 9.17) is 23.2 Å². The van der Waals surface area contributed by atoms with Crippen molar-refractivity contribution in [1.29, 1.82) is 0 Å². The molecule has 3 rings (SSSR count). The van der Waals surface area contributed by atoms with Crippen LogP contribution in [0.5, 0.6) is 0 Å². The molecule has 0 saturated heterocycles. The largest absolute Gasteiger partial charge is 0.316 e. The number of hydrogen-bond donors (Lipinski definition) is 1. The maximum Gasteiger partial charge on any atom is 0.188 e. The SMILES string of the molecule is Cc1csc(Nc2cc(Sc3ccc(Cl)cc3Cl)ccn2)n1. The first-order valence-corrected chi connectivity index (χ1v) is 8.83. The minimum Gasteiger partial charge on any atom is -0.316 e. The molecule has 112 valence electrons. The summed E-state index contributed by atoms with van der Waals surface area (Å²) >= 11 is 15.2. The van der Waals surface area contributed by atoms with E-state index in [2.05, 4.69) is 15.3 Å². The van der Waals surface area contributed by atoms with Crippen molar-refractivity contribution in [2.24, 2.45) is 0 Å². The van der Waals surface area contributed by atoms with Gasteiger partial charge in [0.05, 0.1) is 10.7 Å². The molecule has 2 heterocycles. The van der Waals surface area contributed by atoms with Crippen molar-refractivity contribution in [2.45, 2.75) is 16.7 Å². The number of benzene rings is 1. The van der Waals surface area contributed by atoms with Gasteiger partial charge in [0, 0.05) is 26.4 Å². The van der Waals surface area contributed by atoms with Gasteiger partial charge in [-0.2, -0.15) is 0 Å². The van der Waals surface area contributed by atoms with Crippen LogP contribution in [0, 0.1) is 6.92 Å². The number of halogens is 2. The molecule has 2 aromatic heterocycles. The van der Waals surface area contributed by atoms with Gasteiger partial charge in [-0.15, -0.1) is 11.3 Å². The summed E-state index contributed by atoms with van der Waals surface area (Å²) in [6.45, 7) is 1.96. The van der Waals surface area contributed by atoms with Gasteiger partial charge in [0.1, 0.15) is 5.82 Å². The van der Waals surface area contributed by atoms with Crippen molar-refractivity contribution >= 4 is 57.2 Å². The summed E-state index contributed by atoms with van der Waals surface area (Å²) in [5.41, 5.74) is 0.992. The van der Waals surface area contributed by atoms with Crippen molar-refractivity contribution in [3.05, 3.63) is 57.6 Å². The van der Waals surface area contributed by atoms with E-state index in [1.807, 2.05) is 36.6 Å². The Labute approximate surface area is 146 Å². The Morgan fingerprint density at radius 2 is 2.05 bits per heavy atom. The molecule has 0 atom stereocenters. The zero-order valence-corrected chi connectivity index (χ0v) is 14.7. The lowest BCUT2D eigenvalue weighted by Crippen LogP contribution is -1.92. The van der Waals surface area contributed by atoms with E-state index in [0.717, 1.165) is 26.4 Å². The van der Waals surface area contributed by atoms with E-state index in [1.165, 1.54) is 0 Å². The second-order valence-corrected chi connectivity index (χ2v) is 7.29. The van der Waals surface area contributed by atoms with E-state index < -0.39 is 0 Å². The van der Waals surface area contributed by atoms with Crippen molar-refractivity contribution in [3.63, 3.8) is 0 Å². The van der Waals surface area contributed by atoms with E-state index in [1.54, 1.807) is 35.4 Å². The van der Waals surface area contributed by atoms with E-state index in [9.17, 15) is 0 Å². The van der Waals surface area contributed by atoms with Gasteiger partial charge in [0.15, 0.2) is 5.13 Å². The Hall–Kier alpha value is -1.27. The second-order valence-electron chi connectivity index (χ2n) is 4.47. The number of aryl methyl sites for hydroxylation is 1. The van der Waals surface area contributed by atoms with Crippen molar-refractivity contribution in [2.75, 3.05) is 5.32 Å². The molecule has 1 N–H and O–H groups in total. The van der Waals surface area contributed by atoms with Crippen LogP contribution < -0.4 is 5.32 Å². The molecule has 0 saturated carbocycles. The average molecular weight is 368 g/mol. The molecular weight excluding hydrogens is 357 g/mol. The quantitative estimate of drug-likeness (QED) is 0.608. The van der Waals surface area contributed by atoms with Gasteiger partial charge in [-0.1, -0.05) is 35.0 Å². The fourth-order valence-corrected chi connectivity index (χ4v) is 3.81. The average Bonchev–Trinajstić information content (AvgIpc) is 2.88. The number of rotatable bonds is 4. The highest BCUT2D eigenvalue weighted by Gasteiger charge is 2.06. The Balaban J connectivity index is 1.78. The number of thiazole rings is 1. The standard InChI is InChI=1S/C15H11Cl2N3S2/c1-9-8-21-15(19-9)20-14-7-11(4-5-18-14)22-13-3-2-10(16)6-12(13)17/h2-8H,1H3,(H,18,19,20). The van der Waals surface area contributed by atoms with Gasteiger partial charge in [-0.3, -0.25) is 0 Å². The molecule has 0 radical (unpaired) electrons. The molecule has 3 aromatic rings. The van der Waals surface area contributed by atoms with E-state index in [0.29, 0.717) is 10.0 Å². The highest BCUT2D eigenvalue weighted by Crippen LogP contribution is 2.35. The summed E-state index contributed by atoms with van der Waals surface area (Å²) in [5.74, 6) is 0.754. The number of nitrogens with zero attached hydrogens (tertiary/aromatic N) is 2. The van der Waals surface area contributed by atoms with Gasteiger partial charge < -0.3 is 5.32 Å². The Kier molecular flexibility index (Phi) is 4.88. The van der Waals surface area contributed by atoms with Crippen molar-refractivity contribution in [1.82, 2.24) is 9.97 Å². The van der Waals surface area contributed by atoms with Gasteiger partial charge >= 0.3 is 0 Å². The maximum atomic E-state index is 6.21. The third kappa shape index (κ3) is 3.93. The molecule has 0 fully saturated rings. The molecule has 0 aliphatic rings. The van der Waals surface area contributed by atoms with Crippen LogP contribution in [0.2, 0.25) is 10.0 Å². The zero-order chi connectivity index (χ0) is 15.5. The van der Waals surface area contributed by atoms with Crippen LogP contribution in [0.3, 0.4) is 0 Å². The molecule has 0 aliphatic heterocycles. The number of nitrogens with one attached hydrogen (secondary N) is 1. The normalized spacial score (nSPS) is 10.7. The second kappa shape index (κ2) is 6.87. The number of aromatic nitrogens is 2. The number of hydrogen-bond acceptors (Lipinski definition) is 5.